The molecule has 4 heteroatoms. The zero-order valence-corrected chi connectivity index (χ0v) is 15.2. The normalized spacial score (nSPS) is 15.0. The van der Waals surface area contributed by atoms with Crippen LogP contribution in [0.1, 0.15) is 22.3 Å². The highest BCUT2D eigenvalue weighted by Gasteiger charge is 2.14. The van der Waals surface area contributed by atoms with Gasteiger partial charge in [0, 0.05) is 50.7 Å². The Kier molecular flexibility index (Phi) is 5.54. The maximum Gasteiger partial charge on any atom is 0.152 e. The van der Waals surface area contributed by atoms with E-state index in [0.717, 1.165) is 36.1 Å². The summed E-state index contributed by atoms with van der Waals surface area (Å²) in [7, 11) is 3.99. The predicted molar refractivity (Wildman–Crippen MR) is 105 cm³/mol. The van der Waals surface area contributed by atoms with Crippen LogP contribution in [0.3, 0.4) is 0 Å². The van der Waals surface area contributed by atoms with E-state index in [1.165, 1.54) is 16.7 Å². The first-order chi connectivity index (χ1) is 12.6. The second-order valence-corrected chi connectivity index (χ2v) is 6.66. The summed E-state index contributed by atoms with van der Waals surface area (Å²) in [4.78, 5) is 14.9. The summed E-state index contributed by atoms with van der Waals surface area (Å²) in [5.74, 6) is 0. The Morgan fingerprint density at radius 3 is 2.04 bits per heavy atom. The van der Waals surface area contributed by atoms with E-state index < -0.39 is 0 Å². The third-order valence-corrected chi connectivity index (χ3v) is 4.56. The third-order valence-electron chi connectivity index (χ3n) is 4.56. The molecule has 0 fully saturated rings. The minimum atomic E-state index is 0.112. The van der Waals surface area contributed by atoms with E-state index in [1.54, 1.807) is 0 Å². The van der Waals surface area contributed by atoms with Gasteiger partial charge in [-0.25, -0.2) is 0 Å². The molecule has 26 heavy (non-hydrogen) atoms. The molecule has 1 N–H and O–H groups in total. The monoisotopic (exact) mass is 348 g/mol. The van der Waals surface area contributed by atoms with Crippen LogP contribution in [-0.2, 0) is 17.9 Å². The smallest absolute Gasteiger partial charge is 0.152 e. The van der Waals surface area contributed by atoms with E-state index in [-0.39, 0.29) is 6.61 Å². The zero-order chi connectivity index (χ0) is 18.5. The standard InChI is InChI=1S/C11H13NO.C11H11NO/c2*1-12-6-9-4-2-3-5-11(9)10(7-12)8-13/h2-5,7,13H,6,8H2,1H3;2-5,7-8H,6H2,1H3. The largest absolute Gasteiger partial charge is 0.392 e. The molecule has 0 aliphatic carbocycles. The van der Waals surface area contributed by atoms with Crippen molar-refractivity contribution >= 4 is 17.4 Å². The summed E-state index contributed by atoms with van der Waals surface area (Å²) < 4.78 is 0. The van der Waals surface area contributed by atoms with Crippen LogP contribution in [0.5, 0.6) is 0 Å². The molecule has 0 saturated carbocycles. The van der Waals surface area contributed by atoms with E-state index in [9.17, 15) is 4.79 Å². The number of nitrogens with zero attached hydrogens (tertiary/aromatic N) is 2. The van der Waals surface area contributed by atoms with E-state index in [0.29, 0.717) is 0 Å². The maximum absolute atomic E-state index is 10.8. The van der Waals surface area contributed by atoms with Crippen molar-refractivity contribution in [1.82, 2.24) is 9.80 Å². The second kappa shape index (κ2) is 8.02. The Bertz CT molecular complexity index is 855. The molecule has 0 amide bonds. The van der Waals surface area contributed by atoms with Gasteiger partial charge in [0.15, 0.2) is 6.29 Å². The molecule has 0 bridgehead atoms. The topological polar surface area (TPSA) is 43.8 Å². The first kappa shape index (κ1) is 18.0. The van der Waals surface area contributed by atoms with Gasteiger partial charge in [-0.1, -0.05) is 48.5 Å². The molecule has 4 rings (SSSR count). The predicted octanol–water partition coefficient (Wildman–Crippen LogP) is 3.14. The molecule has 0 aromatic heterocycles. The summed E-state index contributed by atoms with van der Waals surface area (Å²) in [6, 6.07) is 16.2. The van der Waals surface area contributed by atoms with Crippen LogP contribution in [0, 0.1) is 0 Å². The molecule has 2 aliphatic heterocycles. The number of aldehydes is 1. The molecule has 0 radical (unpaired) electrons. The SMILES string of the molecule is CN1C=C(C=O)c2ccccc2C1.CN1C=C(CO)c2ccccc2C1. The Balaban J connectivity index is 0.000000151. The van der Waals surface area contributed by atoms with Crippen LogP contribution in [0.15, 0.2) is 60.9 Å². The molecular weight excluding hydrogens is 324 g/mol. The van der Waals surface area contributed by atoms with E-state index in [2.05, 4.69) is 23.1 Å². The van der Waals surface area contributed by atoms with Crippen LogP contribution in [0.2, 0.25) is 0 Å². The number of benzene rings is 2. The highest BCUT2D eigenvalue weighted by molar-refractivity contribution is 6.07. The fourth-order valence-electron chi connectivity index (χ4n) is 3.40. The number of hydrogen-bond acceptors (Lipinski definition) is 4. The quantitative estimate of drug-likeness (QED) is 0.847. The minimum absolute atomic E-state index is 0.112. The summed E-state index contributed by atoms with van der Waals surface area (Å²) in [6.45, 7) is 1.93. The van der Waals surface area contributed by atoms with Gasteiger partial charge >= 0.3 is 0 Å². The molecule has 0 unspecified atom stereocenters. The van der Waals surface area contributed by atoms with Gasteiger partial charge in [-0.15, -0.1) is 0 Å². The average molecular weight is 348 g/mol. The molecule has 2 aliphatic rings. The Morgan fingerprint density at radius 2 is 1.42 bits per heavy atom. The lowest BCUT2D eigenvalue weighted by Gasteiger charge is -2.24. The Morgan fingerprint density at radius 1 is 0.885 bits per heavy atom. The number of hydrogen-bond donors (Lipinski definition) is 1. The fourth-order valence-corrected chi connectivity index (χ4v) is 3.40. The molecule has 4 nitrogen and oxygen atoms in total. The van der Waals surface area contributed by atoms with Gasteiger partial charge in [0.2, 0.25) is 0 Å². The lowest BCUT2D eigenvalue weighted by molar-refractivity contribution is -0.103. The third kappa shape index (κ3) is 3.86. The maximum atomic E-state index is 10.8. The molecular formula is C22H24N2O2. The molecule has 2 aromatic rings. The van der Waals surface area contributed by atoms with Gasteiger partial charge in [0.25, 0.3) is 0 Å². The lowest BCUT2D eigenvalue weighted by Crippen LogP contribution is -2.17. The van der Waals surface area contributed by atoms with E-state index in [4.69, 9.17) is 5.11 Å². The number of aliphatic hydroxyl groups excluding tert-OH is 1. The van der Waals surface area contributed by atoms with Crippen molar-refractivity contribution in [3.8, 4) is 0 Å². The van der Waals surface area contributed by atoms with Crippen molar-refractivity contribution in [3.63, 3.8) is 0 Å². The Hall–Kier alpha value is -2.85. The number of rotatable bonds is 2. The first-order valence-corrected chi connectivity index (χ1v) is 8.68. The molecule has 0 spiro atoms. The molecule has 2 aromatic carbocycles. The fraction of sp³-hybridized carbons (Fsp3) is 0.227. The van der Waals surface area contributed by atoms with Crippen LogP contribution in [0.4, 0.5) is 0 Å². The van der Waals surface area contributed by atoms with Gasteiger partial charge in [-0.3, -0.25) is 4.79 Å². The van der Waals surface area contributed by atoms with E-state index >= 15 is 0 Å². The molecule has 0 saturated heterocycles. The summed E-state index contributed by atoms with van der Waals surface area (Å²) >= 11 is 0. The lowest BCUT2D eigenvalue weighted by atomic mass is 9.98. The molecule has 2 heterocycles. The number of allylic oxidation sites excluding steroid dienone is 1. The number of aliphatic hydroxyl groups is 1. The highest BCUT2D eigenvalue weighted by atomic mass is 16.3. The van der Waals surface area contributed by atoms with Crippen molar-refractivity contribution < 1.29 is 9.90 Å². The number of carbonyl (C=O) groups excluding carboxylic acids is 1. The summed E-state index contributed by atoms with van der Waals surface area (Å²) in [5, 5.41) is 9.16. The van der Waals surface area contributed by atoms with Crippen molar-refractivity contribution in [2.24, 2.45) is 0 Å². The van der Waals surface area contributed by atoms with Crippen molar-refractivity contribution in [1.29, 1.82) is 0 Å². The summed E-state index contributed by atoms with van der Waals surface area (Å²) in [6.07, 6.45) is 4.80. The zero-order valence-electron chi connectivity index (χ0n) is 15.2. The van der Waals surface area contributed by atoms with Gasteiger partial charge in [-0.05, 0) is 22.3 Å². The van der Waals surface area contributed by atoms with Gasteiger partial charge in [-0.2, -0.15) is 0 Å². The van der Waals surface area contributed by atoms with Crippen LogP contribution in [-0.4, -0.2) is 41.9 Å². The van der Waals surface area contributed by atoms with Crippen molar-refractivity contribution in [3.05, 3.63) is 83.2 Å². The Labute approximate surface area is 154 Å². The minimum Gasteiger partial charge on any atom is -0.392 e. The van der Waals surface area contributed by atoms with Crippen LogP contribution < -0.4 is 0 Å². The van der Waals surface area contributed by atoms with Crippen LogP contribution in [0.25, 0.3) is 11.1 Å². The number of carbonyl (C=O) groups is 1. The summed E-state index contributed by atoms with van der Waals surface area (Å²) in [5.41, 5.74) is 6.53. The second-order valence-electron chi connectivity index (χ2n) is 6.66. The number of fused-ring (bicyclic) bond motifs is 2. The first-order valence-electron chi connectivity index (χ1n) is 8.68. The van der Waals surface area contributed by atoms with Crippen molar-refractivity contribution in [2.45, 2.75) is 13.1 Å². The van der Waals surface area contributed by atoms with E-state index in [1.807, 2.05) is 61.7 Å². The molecule has 134 valence electrons. The van der Waals surface area contributed by atoms with Crippen LogP contribution >= 0.6 is 0 Å². The average Bonchev–Trinajstić information content (AvgIpc) is 2.67. The molecule has 0 atom stereocenters. The van der Waals surface area contributed by atoms with Gasteiger partial charge in [0.05, 0.1) is 6.61 Å². The highest BCUT2D eigenvalue weighted by Crippen LogP contribution is 2.25. The van der Waals surface area contributed by atoms with Gasteiger partial charge < -0.3 is 14.9 Å². The van der Waals surface area contributed by atoms with Crippen molar-refractivity contribution in [2.75, 3.05) is 20.7 Å². The van der Waals surface area contributed by atoms with Gasteiger partial charge in [0.1, 0.15) is 0 Å².